The van der Waals surface area contributed by atoms with Gasteiger partial charge in [-0.3, -0.25) is 28.7 Å². The Labute approximate surface area is 168 Å². The summed E-state index contributed by atoms with van der Waals surface area (Å²) < 4.78 is 5.96. The van der Waals surface area contributed by atoms with Crippen LogP contribution in [0, 0.1) is 0 Å². The lowest BCUT2D eigenvalue weighted by atomic mass is 10.2. The summed E-state index contributed by atoms with van der Waals surface area (Å²) in [5, 5.41) is 2.00. The summed E-state index contributed by atoms with van der Waals surface area (Å²) in [5.74, 6) is -2.25. The molecular weight excluding hydrogens is 400 g/mol. The molecule has 11 heteroatoms. The number of fused-ring (bicyclic) bond motifs is 1. The smallest absolute Gasteiger partial charge is 0.329 e. The van der Waals surface area contributed by atoms with Crippen molar-refractivity contribution in [2.75, 3.05) is 17.7 Å². The van der Waals surface area contributed by atoms with Crippen molar-refractivity contribution in [3.05, 3.63) is 50.7 Å². The number of anilines is 2. The number of carbonyl (C=O) groups excluding carboxylic acids is 3. The molecule has 1 atom stereocenters. The number of nitrogen functional groups attached to an aromatic ring is 1. The number of hydrogen-bond acceptors (Lipinski definition) is 8. The Morgan fingerprint density at radius 1 is 1.24 bits per heavy atom. The van der Waals surface area contributed by atoms with Crippen LogP contribution < -0.4 is 22.3 Å². The van der Waals surface area contributed by atoms with Crippen LogP contribution in [0.3, 0.4) is 0 Å². The fourth-order valence-electron chi connectivity index (χ4n) is 2.83. The molecule has 0 saturated heterocycles. The third-order valence-electron chi connectivity index (χ3n) is 4.26. The molecule has 152 valence electrons. The summed E-state index contributed by atoms with van der Waals surface area (Å²) in [6.07, 6.45) is -0.252. The fourth-order valence-corrected chi connectivity index (χ4v) is 3.92. The van der Waals surface area contributed by atoms with E-state index in [1.807, 2.05) is 17.1 Å². The zero-order valence-corrected chi connectivity index (χ0v) is 16.2. The van der Waals surface area contributed by atoms with E-state index >= 15 is 0 Å². The first-order chi connectivity index (χ1) is 13.8. The number of ketones is 1. The second-order valence-electron chi connectivity index (χ2n) is 6.14. The number of nitrogens with zero attached hydrogens (tertiary/aromatic N) is 1. The molecule has 2 heterocycles. The number of amides is 1. The van der Waals surface area contributed by atoms with E-state index in [2.05, 4.69) is 5.32 Å². The monoisotopic (exact) mass is 418 g/mol. The Balaban J connectivity index is 1.65. The molecule has 0 bridgehead atoms. The quantitative estimate of drug-likeness (QED) is 0.449. The van der Waals surface area contributed by atoms with E-state index in [0.717, 1.165) is 9.46 Å². The lowest BCUT2D eigenvalue weighted by Gasteiger charge is -2.23. The van der Waals surface area contributed by atoms with Crippen LogP contribution in [-0.2, 0) is 20.9 Å². The predicted molar refractivity (Wildman–Crippen MR) is 106 cm³/mol. The fraction of sp³-hybridized carbons (Fsp3) is 0.278. The van der Waals surface area contributed by atoms with Crippen LogP contribution >= 0.6 is 11.8 Å². The second kappa shape index (κ2) is 8.35. The normalized spacial score (nSPS) is 15.3. The number of hydrogen-bond donors (Lipinski definition) is 3. The number of nitrogens with two attached hydrogens (primary N) is 1. The van der Waals surface area contributed by atoms with Crippen molar-refractivity contribution in [3.63, 3.8) is 0 Å². The molecule has 1 aromatic carbocycles. The van der Waals surface area contributed by atoms with E-state index < -0.39 is 40.4 Å². The molecule has 4 N–H and O–H groups in total. The Morgan fingerprint density at radius 2 is 1.97 bits per heavy atom. The van der Waals surface area contributed by atoms with E-state index in [9.17, 15) is 24.0 Å². The van der Waals surface area contributed by atoms with Crippen LogP contribution in [0.15, 0.2) is 38.8 Å². The van der Waals surface area contributed by atoms with Gasteiger partial charge in [0.15, 0.2) is 6.61 Å². The summed E-state index contributed by atoms with van der Waals surface area (Å²) in [7, 11) is 0. The summed E-state index contributed by atoms with van der Waals surface area (Å²) in [6, 6.07) is 7.17. The van der Waals surface area contributed by atoms with Crippen molar-refractivity contribution < 1.29 is 19.1 Å². The summed E-state index contributed by atoms with van der Waals surface area (Å²) >= 11 is 1.22. The summed E-state index contributed by atoms with van der Waals surface area (Å²) in [5.41, 5.74) is 4.28. The number of benzene rings is 1. The van der Waals surface area contributed by atoms with Crippen LogP contribution in [-0.4, -0.2) is 39.1 Å². The molecule has 0 spiro atoms. The molecule has 10 nitrogen and oxygen atoms in total. The zero-order chi connectivity index (χ0) is 21.1. The van der Waals surface area contributed by atoms with Crippen molar-refractivity contribution in [1.29, 1.82) is 0 Å². The van der Waals surface area contributed by atoms with Gasteiger partial charge in [-0.25, -0.2) is 4.79 Å². The highest BCUT2D eigenvalue weighted by molar-refractivity contribution is 8.01. The van der Waals surface area contributed by atoms with Crippen LogP contribution in [0.2, 0.25) is 0 Å². The third kappa shape index (κ3) is 4.24. The molecule has 0 aliphatic carbocycles. The Kier molecular flexibility index (Phi) is 5.87. The van der Waals surface area contributed by atoms with Gasteiger partial charge in [-0.05, 0) is 19.1 Å². The van der Waals surface area contributed by atoms with E-state index in [4.69, 9.17) is 10.5 Å². The summed E-state index contributed by atoms with van der Waals surface area (Å²) in [4.78, 5) is 63.0. The number of para-hydroxylation sites is 1. The number of rotatable bonds is 6. The number of carbonyl (C=O) groups is 3. The van der Waals surface area contributed by atoms with Gasteiger partial charge in [0.2, 0.25) is 11.7 Å². The molecule has 1 aromatic heterocycles. The van der Waals surface area contributed by atoms with Crippen molar-refractivity contribution >= 4 is 40.9 Å². The maximum atomic E-state index is 12.3. The largest absolute Gasteiger partial charge is 0.457 e. The maximum absolute atomic E-state index is 12.3. The van der Waals surface area contributed by atoms with E-state index in [0.29, 0.717) is 5.69 Å². The number of Topliss-reactive ketones (excluding diaryl/α,β-unsaturated/α-hetero) is 1. The topological polar surface area (TPSA) is 153 Å². The molecule has 0 radical (unpaired) electrons. The average molecular weight is 418 g/mol. The molecule has 1 amide bonds. The van der Waals surface area contributed by atoms with Gasteiger partial charge in [-0.1, -0.05) is 12.1 Å². The van der Waals surface area contributed by atoms with Crippen molar-refractivity contribution in [2.45, 2.75) is 30.0 Å². The van der Waals surface area contributed by atoms with Gasteiger partial charge in [-0.15, -0.1) is 11.8 Å². The van der Waals surface area contributed by atoms with Gasteiger partial charge in [-0.2, -0.15) is 0 Å². The van der Waals surface area contributed by atoms with Gasteiger partial charge in [0.25, 0.3) is 5.56 Å². The van der Waals surface area contributed by atoms with Crippen LogP contribution in [0.5, 0.6) is 0 Å². The molecule has 0 saturated carbocycles. The molecule has 1 aliphatic rings. The minimum Gasteiger partial charge on any atom is -0.457 e. The first-order valence-corrected chi connectivity index (χ1v) is 9.57. The molecule has 2 aromatic rings. The van der Waals surface area contributed by atoms with Gasteiger partial charge in [0.1, 0.15) is 11.4 Å². The number of nitrogens with one attached hydrogen (secondary N) is 2. The average Bonchev–Trinajstić information content (AvgIpc) is 2.67. The Hall–Kier alpha value is -3.34. The van der Waals surface area contributed by atoms with Crippen LogP contribution in [0.4, 0.5) is 11.5 Å². The minimum atomic E-state index is -0.947. The van der Waals surface area contributed by atoms with Crippen LogP contribution in [0.1, 0.15) is 23.7 Å². The van der Waals surface area contributed by atoms with Crippen molar-refractivity contribution in [3.8, 4) is 0 Å². The second-order valence-corrected chi connectivity index (χ2v) is 7.39. The highest BCUT2D eigenvalue weighted by Crippen LogP contribution is 2.36. The zero-order valence-electron chi connectivity index (χ0n) is 15.4. The molecular formula is C18H18N4O6S. The first kappa shape index (κ1) is 20.4. The van der Waals surface area contributed by atoms with Crippen molar-refractivity contribution in [2.24, 2.45) is 0 Å². The lowest BCUT2D eigenvalue weighted by Crippen LogP contribution is -2.37. The predicted octanol–water partition coefficient (Wildman–Crippen LogP) is 0.368. The maximum Gasteiger partial charge on any atom is 0.329 e. The summed E-state index contributed by atoms with van der Waals surface area (Å²) in [6.45, 7) is 1.04. The van der Waals surface area contributed by atoms with Gasteiger partial charge in [0, 0.05) is 11.4 Å². The third-order valence-corrected chi connectivity index (χ3v) is 5.53. The van der Waals surface area contributed by atoms with Crippen LogP contribution in [0.25, 0.3) is 0 Å². The minimum absolute atomic E-state index is 0.150. The lowest BCUT2D eigenvalue weighted by molar-refractivity contribution is -0.143. The van der Waals surface area contributed by atoms with E-state index in [1.165, 1.54) is 11.8 Å². The highest BCUT2D eigenvalue weighted by atomic mass is 32.2. The highest BCUT2D eigenvalue weighted by Gasteiger charge is 2.30. The number of esters is 1. The number of thioether (sulfide) groups is 1. The van der Waals surface area contributed by atoms with Gasteiger partial charge >= 0.3 is 11.7 Å². The van der Waals surface area contributed by atoms with E-state index in [-0.39, 0.29) is 24.7 Å². The number of aromatic amines is 1. The van der Waals surface area contributed by atoms with E-state index in [1.54, 1.807) is 19.1 Å². The molecule has 29 heavy (non-hydrogen) atoms. The Bertz CT molecular complexity index is 1110. The molecule has 0 fully saturated rings. The molecule has 1 unspecified atom stereocenters. The molecule has 3 rings (SSSR count). The molecule has 1 aliphatic heterocycles. The SMILES string of the molecule is CCn1c(N)c(C(=O)COC(=O)CC2Sc3ccccc3NC2=O)c(=O)[nH]c1=O. The standard InChI is InChI=1S/C18H18N4O6S/c1-2-22-15(19)14(17(26)21-18(22)27)10(23)8-28-13(24)7-12-16(25)20-9-5-3-4-6-11(9)29-12/h3-6,12H,2,7-8,19H2,1H3,(H,20,25)(H,21,26,27). The Morgan fingerprint density at radius 3 is 2.69 bits per heavy atom. The number of ether oxygens (including phenoxy) is 1. The number of H-pyrrole nitrogens is 1. The number of aromatic nitrogens is 2. The van der Waals surface area contributed by atoms with Gasteiger partial charge in [0.05, 0.1) is 17.4 Å². The van der Waals surface area contributed by atoms with Crippen molar-refractivity contribution in [1.82, 2.24) is 9.55 Å². The first-order valence-electron chi connectivity index (χ1n) is 8.69. The van der Waals surface area contributed by atoms with Gasteiger partial charge < -0.3 is 15.8 Å².